The number of hydrogen-bond acceptors (Lipinski definition) is 4. The topological polar surface area (TPSA) is 58.1 Å². The maximum absolute atomic E-state index is 12.5. The standard InChI is InChI=1S/C19H27F3N4O2.HI/c1-2-23-18(25-10-15-6-8-26(11-15)12-19(20,21)22)24-7-5-14-3-4-16-17(9-14)28-13-27-16;/h3-4,9,15H,2,5-8,10-13H2,1H3,(H2,23,24,25);1H. The summed E-state index contributed by atoms with van der Waals surface area (Å²) in [5.41, 5.74) is 1.13. The monoisotopic (exact) mass is 528 g/mol. The lowest BCUT2D eigenvalue weighted by Crippen LogP contribution is -2.38. The van der Waals surface area contributed by atoms with Crippen LogP contribution in [0.2, 0.25) is 0 Å². The summed E-state index contributed by atoms with van der Waals surface area (Å²) in [7, 11) is 0. The van der Waals surface area contributed by atoms with Crippen LogP contribution in [0.1, 0.15) is 18.9 Å². The van der Waals surface area contributed by atoms with Crippen molar-refractivity contribution in [3.63, 3.8) is 0 Å². The average molecular weight is 528 g/mol. The molecule has 0 radical (unpaired) electrons. The van der Waals surface area contributed by atoms with Crippen molar-refractivity contribution in [1.82, 2.24) is 15.5 Å². The molecule has 3 rings (SSSR count). The van der Waals surface area contributed by atoms with Crippen LogP contribution in [0.15, 0.2) is 23.2 Å². The third kappa shape index (κ3) is 7.72. The Hall–Kier alpha value is -1.43. The Balaban J connectivity index is 0.00000300. The molecule has 0 aliphatic carbocycles. The van der Waals surface area contributed by atoms with Crippen LogP contribution in [0.4, 0.5) is 13.2 Å². The number of nitrogens with zero attached hydrogens (tertiary/aromatic N) is 2. The van der Waals surface area contributed by atoms with Gasteiger partial charge in [0.05, 0.1) is 6.54 Å². The number of fused-ring (bicyclic) bond motifs is 1. The number of alkyl halides is 3. The number of hydrogen-bond donors (Lipinski definition) is 2. The first-order valence-corrected chi connectivity index (χ1v) is 9.63. The van der Waals surface area contributed by atoms with Crippen LogP contribution in [0, 0.1) is 5.92 Å². The molecule has 1 unspecified atom stereocenters. The molecule has 0 aromatic heterocycles. The number of nitrogens with one attached hydrogen (secondary N) is 2. The fourth-order valence-corrected chi connectivity index (χ4v) is 3.44. The van der Waals surface area contributed by atoms with Crippen LogP contribution in [0.3, 0.4) is 0 Å². The SMILES string of the molecule is CCNC(=NCC1CCN(CC(F)(F)F)C1)NCCc1ccc2c(c1)OCO2.I. The van der Waals surface area contributed by atoms with Crippen molar-refractivity contribution < 1.29 is 22.6 Å². The van der Waals surface area contributed by atoms with E-state index in [1.807, 2.05) is 25.1 Å². The molecule has 2 N–H and O–H groups in total. The van der Waals surface area contributed by atoms with Gasteiger partial charge in [-0.05, 0) is 49.9 Å². The van der Waals surface area contributed by atoms with Gasteiger partial charge in [-0.25, -0.2) is 0 Å². The summed E-state index contributed by atoms with van der Waals surface area (Å²) in [6.45, 7) is 4.27. The van der Waals surface area contributed by atoms with Gasteiger partial charge in [0.15, 0.2) is 17.5 Å². The van der Waals surface area contributed by atoms with Crippen molar-refractivity contribution in [3.05, 3.63) is 23.8 Å². The molecule has 1 aromatic carbocycles. The zero-order chi connectivity index (χ0) is 20.0. The minimum atomic E-state index is -4.14. The number of aliphatic imine (C=N–C) groups is 1. The van der Waals surface area contributed by atoms with E-state index in [1.165, 1.54) is 4.90 Å². The Kier molecular flexibility index (Phi) is 9.12. The summed E-state index contributed by atoms with van der Waals surface area (Å²) in [5, 5.41) is 6.47. The fourth-order valence-electron chi connectivity index (χ4n) is 3.44. The minimum Gasteiger partial charge on any atom is -0.454 e. The molecule has 2 aliphatic heterocycles. The summed E-state index contributed by atoms with van der Waals surface area (Å²) in [6, 6.07) is 5.89. The highest BCUT2D eigenvalue weighted by Crippen LogP contribution is 2.32. The molecule has 0 bridgehead atoms. The maximum Gasteiger partial charge on any atom is 0.401 e. The Labute approximate surface area is 186 Å². The van der Waals surface area contributed by atoms with E-state index in [0.717, 1.165) is 36.4 Å². The Bertz CT molecular complexity index is 688. The van der Waals surface area contributed by atoms with Gasteiger partial charge in [0, 0.05) is 26.2 Å². The fraction of sp³-hybridized carbons (Fsp3) is 0.632. The van der Waals surface area contributed by atoms with E-state index in [1.54, 1.807) is 0 Å². The first kappa shape index (κ1) is 23.8. The molecule has 0 saturated carbocycles. The number of likely N-dealkylation sites (tertiary alicyclic amines) is 1. The predicted octanol–water partition coefficient (Wildman–Crippen LogP) is 3.02. The molecule has 2 heterocycles. The zero-order valence-corrected chi connectivity index (χ0v) is 18.8. The molecule has 0 amide bonds. The zero-order valence-electron chi connectivity index (χ0n) is 16.4. The molecule has 1 fully saturated rings. The van der Waals surface area contributed by atoms with Crippen LogP contribution >= 0.6 is 24.0 Å². The van der Waals surface area contributed by atoms with E-state index in [2.05, 4.69) is 15.6 Å². The number of rotatable bonds is 7. The summed E-state index contributed by atoms with van der Waals surface area (Å²) >= 11 is 0. The van der Waals surface area contributed by atoms with Gasteiger partial charge in [0.25, 0.3) is 0 Å². The van der Waals surface area contributed by atoms with Crippen molar-refractivity contribution in [2.45, 2.75) is 25.9 Å². The second-order valence-electron chi connectivity index (χ2n) is 7.09. The molecule has 6 nitrogen and oxygen atoms in total. The second kappa shape index (κ2) is 11.1. The van der Waals surface area contributed by atoms with E-state index >= 15 is 0 Å². The Morgan fingerprint density at radius 3 is 2.79 bits per heavy atom. The van der Waals surface area contributed by atoms with Crippen molar-refractivity contribution >= 4 is 29.9 Å². The molecule has 0 spiro atoms. The minimum absolute atomic E-state index is 0. The van der Waals surface area contributed by atoms with Crippen LogP contribution < -0.4 is 20.1 Å². The number of benzene rings is 1. The lowest BCUT2D eigenvalue weighted by Gasteiger charge is -2.17. The van der Waals surface area contributed by atoms with Crippen LogP contribution in [0.5, 0.6) is 11.5 Å². The first-order chi connectivity index (χ1) is 13.4. The highest BCUT2D eigenvalue weighted by molar-refractivity contribution is 14.0. The average Bonchev–Trinajstić information content (AvgIpc) is 3.27. The van der Waals surface area contributed by atoms with E-state index in [4.69, 9.17) is 9.47 Å². The third-order valence-electron chi connectivity index (χ3n) is 4.77. The Morgan fingerprint density at radius 2 is 2.03 bits per heavy atom. The molecular formula is C19H28F3IN4O2. The maximum atomic E-state index is 12.5. The van der Waals surface area contributed by atoms with Crippen molar-refractivity contribution in [1.29, 1.82) is 0 Å². The molecule has 10 heteroatoms. The summed E-state index contributed by atoms with van der Waals surface area (Å²) in [6.07, 6.45) is -2.59. The lowest BCUT2D eigenvalue weighted by molar-refractivity contribution is -0.143. The summed E-state index contributed by atoms with van der Waals surface area (Å²) in [5.74, 6) is 2.38. The van der Waals surface area contributed by atoms with Gasteiger partial charge >= 0.3 is 6.18 Å². The first-order valence-electron chi connectivity index (χ1n) is 9.63. The van der Waals surface area contributed by atoms with Gasteiger partial charge in [-0.1, -0.05) is 6.07 Å². The molecule has 2 aliphatic rings. The van der Waals surface area contributed by atoms with Gasteiger partial charge in [-0.3, -0.25) is 9.89 Å². The molecule has 1 aromatic rings. The second-order valence-corrected chi connectivity index (χ2v) is 7.09. The molecule has 1 saturated heterocycles. The summed E-state index contributed by atoms with van der Waals surface area (Å²) < 4.78 is 48.2. The van der Waals surface area contributed by atoms with Crippen LogP contribution in [-0.4, -0.2) is 63.1 Å². The van der Waals surface area contributed by atoms with Gasteiger partial charge in [-0.15, -0.1) is 24.0 Å². The van der Waals surface area contributed by atoms with E-state index in [0.29, 0.717) is 32.1 Å². The highest BCUT2D eigenvalue weighted by atomic mass is 127. The third-order valence-corrected chi connectivity index (χ3v) is 4.77. The van der Waals surface area contributed by atoms with Gasteiger partial charge in [0.2, 0.25) is 6.79 Å². The van der Waals surface area contributed by atoms with Crippen molar-refractivity contribution in [2.75, 3.05) is 46.1 Å². The van der Waals surface area contributed by atoms with Gasteiger partial charge < -0.3 is 20.1 Å². The van der Waals surface area contributed by atoms with Crippen LogP contribution in [0.25, 0.3) is 0 Å². The van der Waals surface area contributed by atoms with Crippen LogP contribution in [-0.2, 0) is 6.42 Å². The largest absolute Gasteiger partial charge is 0.454 e. The smallest absolute Gasteiger partial charge is 0.401 e. The number of ether oxygens (including phenoxy) is 2. The van der Waals surface area contributed by atoms with E-state index in [9.17, 15) is 13.2 Å². The van der Waals surface area contributed by atoms with E-state index in [-0.39, 0.29) is 36.7 Å². The predicted molar refractivity (Wildman–Crippen MR) is 116 cm³/mol. The quantitative estimate of drug-likeness (QED) is 0.324. The Morgan fingerprint density at radius 1 is 1.24 bits per heavy atom. The van der Waals surface area contributed by atoms with Gasteiger partial charge in [0.1, 0.15) is 0 Å². The van der Waals surface area contributed by atoms with Gasteiger partial charge in [-0.2, -0.15) is 13.2 Å². The molecule has 29 heavy (non-hydrogen) atoms. The number of halogens is 4. The molecule has 164 valence electrons. The highest BCUT2D eigenvalue weighted by Gasteiger charge is 2.34. The summed E-state index contributed by atoms with van der Waals surface area (Å²) in [4.78, 5) is 6.02. The lowest BCUT2D eigenvalue weighted by atomic mass is 10.1. The van der Waals surface area contributed by atoms with Crippen molar-refractivity contribution in [2.24, 2.45) is 10.9 Å². The van der Waals surface area contributed by atoms with E-state index < -0.39 is 12.7 Å². The normalized spacial score (nSPS) is 19.2. The van der Waals surface area contributed by atoms with Crippen molar-refractivity contribution in [3.8, 4) is 11.5 Å². The molecular weight excluding hydrogens is 500 g/mol. The molecule has 1 atom stereocenters. The number of guanidine groups is 1.